The van der Waals surface area contributed by atoms with Crippen LogP contribution in [0.25, 0.3) is 11.5 Å². The fourth-order valence-electron chi connectivity index (χ4n) is 5.51. The van der Waals surface area contributed by atoms with E-state index in [1.165, 1.54) is 19.9 Å². The van der Waals surface area contributed by atoms with E-state index in [0.29, 0.717) is 29.2 Å². The maximum Gasteiger partial charge on any atom is 0.434 e. The molecule has 2 heterocycles. The van der Waals surface area contributed by atoms with Crippen LogP contribution in [0.3, 0.4) is 0 Å². The maximum atomic E-state index is 15.6. The molecule has 0 saturated carbocycles. The molecule has 1 saturated heterocycles. The lowest BCUT2D eigenvalue weighted by molar-refractivity contribution is 0.00813. The minimum Gasteiger partial charge on any atom is -0.388 e. The van der Waals surface area contributed by atoms with Crippen molar-refractivity contribution >= 4 is 11.6 Å². The van der Waals surface area contributed by atoms with Crippen LogP contribution >= 0.6 is 11.6 Å². The number of hydrogen-bond acceptors (Lipinski definition) is 5. The Morgan fingerprint density at radius 2 is 1.84 bits per heavy atom. The van der Waals surface area contributed by atoms with Gasteiger partial charge in [-0.25, -0.2) is 18.7 Å². The standard InChI is InChI=1S/C29H25ClF2N4O2/c1-29(2,32)25(21-10-17(14-33)11-24(31)13-21)22-15-36(16-22)26(18-6-8-23(30)9-7-18)19-4-3-5-20(12-19)27-34-35-28(37)38-27/h3-13,22,25-26H,15-16H2,1-2H3,(H,35,37). The summed E-state index contributed by atoms with van der Waals surface area (Å²) in [5.74, 6) is -1.71. The van der Waals surface area contributed by atoms with E-state index in [9.17, 15) is 14.4 Å². The van der Waals surface area contributed by atoms with Gasteiger partial charge < -0.3 is 4.42 Å². The molecule has 9 heteroatoms. The first-order chi connectivity index (χ1) is 18.1. The topological polar surface area (TPSA) is 85.9 Å². The molecule has 0 amide bonds. The quantitative estimate of drug-likeness (QED) is 0.303. The molecule has 0 bridgehead atoms. The van der Waals surface area contributed by atoms with Gasteiger partial charge in [-0.1, -0.05) is 35.9 Å². The van der Waals surface area contributed by atoms with Crippen molar-refractivity contribution < 1.29 is 13.2 Å². The van der Waals surface area contributed by atoms with Crippen molar-refractivity contribution in [3.63, 3.8) is 0 Å². The van der Waals surface area contributed by atoms with Crippen molar-refractivity contribution in [3.8, 4) is 17.5 Å². The molecule has 6 nitrogen and oxygen atoms in total. The summed E-state index contributed by atoms with van der Waals surface area (Å²) in [4.78, 5) is 13.7. The van der Waals surface area contributed by atoms with E-state index >= 15 is 4.39 Å². The fraction of sp³-hybridized carbons (Fsp3) is 0.276. The lowest BCUT2D eigenvalue weighted by atomic mass is 9.72. The third-order valence-corrected chi connectivity index (χ3v) is 7.25. The second-order valence-corrected chi connectivity index (χ2v) is 10.6. The number of aromatic nitrogens is 2. The zero-order valence-electron chi connectivity index (χ0n) is 20.8. The smallest absolute Gasteiger partial charge is 0.388 e. The van der Waals surface area contributed by atoms with Crippen LogP contribution in [-0.4, -0.2) is 33.9 Å². The number of likely N-dealkylation sites (tertiary alicyclic amines) is 1. The molecular formula is C29H25ClF2N4O2. The second-order valence-electron chi connectivity index (χ2n) is 10.1. The molecule has 0 spiro atoms. The Morgan fingerprint density at radius 1 is 1.11 bits per heavy atom. The van der Waals surface area contributed by atoms with Crippen molar-refractivity contribution in [2.24, 2.45) is 5.92 Å². The van der Waals surface area contributed by atoms with Crippen LogP contribution in [-0.2, 0) is 0 Å². The Bertz CT molecular complexity index is 1550. The Balaban J connectivity index is 1.48. The predicted octanol–water partition coefficient (Wildman–Crippen LogP) is 6.25. The monoisotopic (exact) mass is 534 g/mol. The molecular weight excluding hydrogens is 510 g/mol. The van der Waals surface area contributed by atoms with Gasteiger partial charge in [-0.05, 0) is 78.9 Å². The van der Waals surface area contributed by atoms with Crippen molar-refractivity contribution in [1.29, 1.82) is 5.26 Å². The molecule has 0 aliphatic carbocycles. The number of halogens is 3. The molecule has 2 unspecified atom stereocenters. The van der Waals surface area contributed by atoms with Gasteiger partial charge in [0.25, 0.3) is 0 Å². The van der Waals surface area contributed by atoms with Crippen LogP contribution in [0.1, 0.15) is 48.1 Å². The van der Waals surface area contributed by atoms with Gasteiger partial charge in [0, 0.05) is 29.6 Å². The van der Waals surface area contributed by atoms with E-state index in [4.69, 9.17) is 16.0 Å². The number of nitriles is 1. The number of hydrogen-bond donors (Lipinski definition) is 1. The van der Waals surface area contributed by atoms with E-state index < -0.39 is 23.2 Å². The van der Waals surface area contributed by atoms with Crippen LogP contribution in [0, 0.1) is 23.1 Å². The lowest BCUT2D eigenvalue weighted by Gasteiger charge is -2.50. The Morgan fingerprint density at radius 3 is 2.47 bits per heavy atom. The molecule has 0 radical (unpaired) electrons. The zero-order valence-corrected chi connectivity index (χ0v) is 21.5. The summed E-state index contributed by atoms with van der Waals surface area (Å²) < 4.78 is 35.0. The highest BCUT2D eigenvalue weighted by atomic mass is 35.5. The number of aromatic amines is 1. The highest BCUT2D eigenvalue weighted by molar-refractivity contribution is 6.30. The van der Waals surface area contributed by atoms with Crippen LogP contribution in [0.4, 0.5) is 8.78 Å². The first-order valence-corrected chi connectivity index (χ1v) is 12.5. The average molecular weight is 535 g/mol. The Kier molecular flexibility index (Phi) is 6.91. The minimum atomic E-state index is -1.63. The molecule has 194 valence electrons. The van der Waals surface area contributed by atoms with Crippen LogP contribution in [0.5, 0.6) is 0 Å². The van der Waals surface area contributed by atoms with Crippen LogP contribution in [0.15, 0.2) is 75.9 Å². The van der Waals surface area contributed by atoms with Gasteiger partial charge in [-0.3, -0.25) is 4.90 Å². The number of rotatable bonds is 7. The molecule has 4 aromatic rings. The zero-order chi connectivity index (χ0) is 27.0. The van der Waals surface area contributed by atoms with E-state index in [0.717, 1.165) is 17.2 Å². The molecule has 2 atom stereocenters. The number of nitrogens with one attached hydrogen (secondary N) is 1. The third kappa shape index (κ3) is 5.26. The van der Waals surface area contributed by atoms with Gasteiger partial charge in [-0.15, -0.1) is 5.10 Å². The molecule has 1 aromatic heterocycles. The summed E-state index contributed by atoms with van der Waals surface area (Å²) in [5.41, 5.74) is 1.58. The van der Waals surface area contributed by atoms with Gasteiger partial charge in [-0.2, -0.15) is 5.26 Å². The van der Waals surface area contributed by atoms with E-state index in [2.05, 4.69) is 15.1 Å². The summed E-state index contributed by atoms with van der Waals surface area (Å²) in [7, 11) is 0. The average Bonchev–Trinajstić information content (AvgIpc) is 3.29. The summed E-state index contributed by atoms with van der Waals surface area (Å²) in [6, 6.07) is 20.9. The first-order valence-electron chi connectivity index (χ1n) is 12.2. The van der Waals surface area contributed by atoms with Gasteiger partial charge in [0.1, 0.15) is 11.5 Å². The van der Waals surface area contributed by atoms with Crippen LogP contribution < -0.4 is 5.76 Å². The van der Waals surface area contributed by atoms with Crippen molar-refractivity contribution in [1.82, 2.24) is 15.1 Å². The SMILES string of the molecule is CC(C)(F)C(c1cc(F)cc(C#N)c1)C1CN(C(c2ccc(Cl)cc2)c2cccc(-c3n[nH]c(=O)o3)c2)C1. The Hall–Kier alpha value is -3.80. The summed E-state index contributed by atoms with van der Waals surface area (Å²) in [5, 5.41) is 16.1. The summed E-state index contributed by atoms with van der Waals surface area (Å²) in [6.45, 7) is 4.08. The summed E-state index contributed by atoms with van der Waals surface area (Å²) in [6.07, 6.45) is 0. The molecule has 1 aliphatic heterocycles. The highest BCUT2D eigenvalue weighted by Crippen LogP contribution is 2.46. The molecule has 5 rings (SSSR count). The van der Waals surface area contributed by atoms with E-state index in [-0.39, 0.29) is 23.4 Å². The predicted molar refractivity (Wildman–Crippen MR) is 140 cm³/mol. The molecule has 1 aliphatic rings. The Labute approximate surface area is 223 Å². The number of benzene rings is 3. The van der Waals surface area contributed by atoms with Crippen LogP contribution in [0.2, 0.25) is 5.02 Å². The van der Waals surface area contributed by atoms with Gasteiger partial charge in [0.05, 0.1) is 17.7 Å². The number of nitrogens with zero attached hydrogens (tertiary/aromatic N) is 3. The molecule has 1 N–H and O–H groups in total. The largest absolute Gasteiger partial charge is 0.434 e. The van der Waals surface area contributed by atoms with Gasteiger partial charge in [0.2, 0.25) is 5.89 Å². The van der Waals surface area contributed by atoms with Crippen molar-refractivity contribution in [3.05, 3.63) is 110 Å². The third-order valence-electron chi connectivity index (χ3n) is 7.00. The number of alkyl halides is 1. The molecule has 3 aromatic carbocycles. The highest BCUT2D eigenvalue weighted by Gasteiger charge is 2.45. The lowest BCUT2D eigenvalue weighted by Crippen LogP contribution is -2.53. The minimum absolute atomic E-state index is 0.106. The van der Waals surface area contributed by atoms with E-state index in [1.54, 1.807) is 12.1 Å². The maximum absolute atomic E-state index is 15.6. The fourth-order valence-corrected chi connectivity index (χ4v) is 5.64. The van der Waals surface area contributed by atoms with Gasteiger partial charge >= 0.3 is 5.76 Å². The first kappa shape index (κ1) is 25.8. The normalized spacial score (nSPS) is 16.0. The van der Waals surface area contributed by atoms with Gasteiger partial charge in [0.15, 0.2) is 0 Å². The molecule has 1 fully saturated rings. The molecule has 38 heavy (non-hydrogen) atoms. The summed E-state index contributed by atoms with van der Waals surface area (Å²) >= 11 is 6.16. The second kappa shape index (κ2) is 10.2. The van der Waals surface area contributed by atoms with Crippen molar-refractivity contribution in [2.45, 2.75) is 31.5 Å². The van der Waals surface area contributed by atoms with Crippen molar-refractivity contribution in [2.75, 3.05) is 13.1 Å². The van der Waals surface area contributed by atoms with E-state index in [1.807, 2.05) is 48.5 Å². The number of H-pyrrole nitrogens is 1.